The first-order valence-electron chi connectivity index (χ1n) is 6.76. The molecule has 2 rings (SSSR count). The third kappa shape index (κ3) is 3.73. The number of anilines is 1. The van der Waals surface area contributed by atoms with E-state index in [4.69, 9.17) is 0 Å². The lowest BCUT2D eigenvalue weighted by atomic mass is 10.0. The first kappa shape index (κ1) is 15.3. The highest BCUT2D eigenvalue weighted by molar-refractivity contribution is 9.10. The Morgan fingerprint density at radius 1 is 1.11 bits per heavy atom. The highest BCUT2D eigenvalue weighted by Gasteiger charge is 2.25. The SMILES string of the molecule is CC(C)(C)N1CCN(c2ccc(CBr)c(Br)c2)CC1. The molecule has 1 aliphatic rings. The molecule has 0 saturated carbocycles. The van der Waals surface area contributed by atoms with Gasteiger partial charge in [0.25, 0.3) is 0 Å². The van der Waals surface area contributed by atoms with Gasteiger partial charge in [0.2, 0.25) is 0 Å². The molecule has 1 aromatic rings. The monoisotopic (exact) mass is 388 g/mol. The van der Waals surface area contributed by atoms with Gasteiger partial charge < -0.3 is 4.90 Å². The van der Waals surface area contributed by atoms with Crippen LogP contribution in [-0.2, 0) is 5.33 Å². The fourth-order valence-electron chi connectivity index (χ4n) is 2.48. The maximum absolute atomic E-state index is 3.65. The Morgan fingerprint density at radius 3 is 2.21 bits per heavy atom. The van der Waals surface area contributed by atoms with Gasteiger partial charge in [0.05, 0.1) is 0 Å². The normalized spacial score (nSPS) is 17.8. The fourth-order valence-corrected chi connectivity index (χ4v) is 3.85. The Balaban J connectivity index is 2.04. The van der Waals surface area contributed by atoms with Crippen molar-refractivity contribution in [3.8, 4) is 0 Å². The van der Waals surface area contributed by atoms with Crippen molar-refractivity contribution >= 4 is 37.5 Å². The van der Waals surface area contributed by atoms with Crippen LogP contribution in [0.5, 0.6) is 0 Å². The highest BCUT2D eigenvalue weighted by atomic mass is 79.9. The lowest BCUT2D eigenvalue weighted by molar-refractivity contribution is 0.128. The number of nitrogens with zero attached hydrogens (tertiary/aromatic N) is 2. The lowest BCUT2D eigenvalue weighted by Gasteiger charge is -2.43. The van der Waals surface area contributed by atoms with Crippen LogP contribution in [0.1, 0.15) is 26.3 Å². The first-order chi connectivity index (χ1) is 8.91. The second kappa shape index (κ2) is 6.15. The van der Waals surface area contributed by atoms with Gasteiger partial charge in [-0.3, -0.25) is 4.90 Å². The van der Waals surface area contributed by atoms with Crippen LogP contribution in [-0.4, -0.2) is 36.6 Å². The number of benzene rings is 1. The van der Waals surface area contributed by atoms with Crippen molar-refractivity contribution in [2.75, 3.05) is 31.1 Å². The van der Waals surface area contributed by atoms with Gasteiger partial charge in [-0.1, -0.05) is 37.9 Å². The van der Waals surface area contributed by atoms with E-state index in [-0.39, 0.29) is 5.54 Å². The lowest BCUT2D eigenvalue weighted by Crippen LogP contribution is -2.53. The van der Waals surface area contributed by atoms with Gasteiger partial charge >= 0.3 is 0 Å². The number of halogens is 2. The summed E-state index contributed by atoms with van der Waals surface area (Å²) in [7, 11) is 0. The Bertz CT molecular complexity index is 432. The third-order valence-electron chi connectivity index (χ3n) is 3.77. The molecule has 1 fully saturated rings. The summed E-state index contributed by atoms with van der Waals surface area (Å²) in [6.07, 6.45) is 0. The summed E-state index contributed by atoms with van der Waals surface area (Å²) < 4.78 is 1.19. The van der Waals surface area contributed by atoms with Crippen molar-refractivity contribution in [2.45, 2.75) is 31.6 Å². The van der Waals surface area contributed by atoms with Crippen molar-refractivity contribution in [1.82, 2.24) is 4.90 Å². The molecule has 0 bridgehead atoms. The summed E-state index contributed by atoms with van der Waals surface area (Å²) in [5, 5.41) is 0.895. The standard InChI is InChI=1S/C15H22Br2N2/c1-15(2,3)19-8-6-18(7-9-19)13-5-4-12(11-16)14(17)10-13/h4-5,10H,6-9,11H2,1-3H3. The van der Waals surface area contributed by atoms with Crippen molar-refractivity contribution in [1.29, 1.82) is 0 Å². The zero-order valence-corrected chi connectivity index (χ0v) is 15.1. The van der Waals surface area contributed by atoms with Gasteiger partial charge in [-0.05, 0) is 38.5 Å². The van der Waals surface area contributed by atoms with Crippen LogP contribution in [0.25, 0.3) is 0 Å². The van der Waals surface area contributed by atoms with Crippen LogP contribution in [0.4, 0.5) is 5.69 Å². The van der Waals surface area contributed by atoms with Crippen LogP contribution in [0, 0.1) is 0 Å². The summed E-state index contributed by atoms with van der Waals surface area (Å²) >= 11 is 7.16. The molecule has 1 aliphatic heterocycles. The molecule has 19 heavy (non-hydrogen) atoms. The molecule has 0 aliphatic carbocycles. The van der Waals surface area contributed by atoms with Crippen LogP contribution in [0.3, 0.4) is 0 Å². The van der Waals surface area contributed by atoms with Crippen LogP contribution in [0.15, 0.2) is 22.7 Å². The molecule has 0 unspecified atom stereocenters. The fraction of sp³-hybridized carbons (Fsp3) is 0.600. The molecule has 1 saturated heterocycles. The maximum Gasteiger partial charge on any atom is 0.0378 e. The Labute approximate surface area is 133 Å². The minimum atomic E-state index is 0.284. The Kier molecular flexibility index (Phi) is 4.96. The third-order valence-corrected chi connectivity index (χ3v) is 5.12. The van der Waals surface area contributed by atoms with Gasteiger partial charge in [0, 0.05) is 47.2 Å². The van der Waals surface area contributed by atoms with Gasteiger partial charge in [-0.15, -0.1) is 0 Å². The van der Waals surface area contributed by atoms with Crippen molar-refractivity contribution in [3.63, 3.8) is 0 Å². The van der Waals surface area contributed by atoms with Crippen molar-refractivity contribution in [3.05, 3.63) is 28.2 Å². The van der Waals surface area contributed by atoms with Gasteiger partial charge in [-0.2, -0.15) is 0 Å². The average molecular weight is 390 g/mol. The molecule has 0 atom stereocenters. The Morgan fingerprint density at radius 2 is 1.74 bits per heavy atom. The quantitative estimate of drug-likeness (QED) is 0.697. The van der Waals surface area contributed by atoms with E-state index in [1.54, 1.807) is 0 Å². The van der Waals surface area contributed by atoms with Crippen LogP contribution in [0.2, 0.25) is 0 Å². The van der Waals surface area contributed by atoms with E-state index in [1.165, 1.54) is 15.7 Å². The second-order valence-electron chi connectivity index (χ2n) is 6.05. The summed E-state index contributed by atoms with van der Waals surface area (Å²) in [5.74, 6) is 0. The summed E-state index contributed by atoms with van der Waals surface area (Å²) in [5.41, 5.74) is 2.91. The molecule has 0 spiro atoms. The number of hydrogen-bond donors (Lipinski definition) is 0. The van der Waals surface area contributed by atoms with Gasteiger partial charge in [-0.25, -0.2) is 0 Å². The predicted molar refractivity (Wildman–Crippen MR) is 90.3 cm³/mol. The zero-order chi connectivity index (χ0) is 14.0. The molecule has 2 nitrogen and oxygen atoms in total. The molecular weight excluding hydrogens is 368 g/mol. The van der Waals surface area contributed by atoms with Crippen LogP contribution < -0.4 is 4.90 Å². The molecule has 0 amide bonds. The molecule has 0 radical (unpaired) electrons. The van der Waals surface area contributed by atoms with Crippen LogP contribution >= 0.6 is 31.9 Å². The molecule has 106 valence electrons. The van der Waals surface area contributed by atoms with E-state index in [2.05, 4.69) is 80.6 Å². The first-order valence-corrected chi connectivity index (χ1v) is 8.67. The van der Waals surface area contributed by atoms with E-state index in [9.17, 15) is 0 Å². The van der Waals surface area contributed by atoms with E-state index < -0.39 is 0 Å². The average Bonchev–Trinajstić information content (AvgIpc) is 2.38. The smallest absolute Gasteiger partial charge is 0.0378 e. The van der Waals surface area contributed by atoms with Crippen molar-refractivity contribution in [2.24, 2.45) is 0 Å². The molecule has 1 aromatic carbocycles. The van der Waals surface area contributed by atoms with Gasteiger partial charge in [0.1, 0.15) is 0 Å². The molecular formula is C15H22Br2N2. The maximum atomic E-state index is 3.65. The molecule has 1 heterocycles. The second-order valence-corrected chi connectivity index (χ2v) is 7.47. The number of rotatable bonds is 2. The summed E-state index contributed by atoms with van der Waals surface area (Å²) in [6.45, 7) is 11.4. The molecule has 0 N–H and O–H groups in total. The highest BCUT2D eigenvalue weighted by Crippen LogP contribution is 2.27. The van der Waals surface area contributed by atoms with E-state index in [1.807, 2.05) is 0 Å². The largest absolute Gasteiger partial charge is 0.369 e. The Hall–Kier alpha value is -0.0600. The minimum absolute atomic E-state index is 0.284. The topological polar surface area (TPSA) is 6.48 Å². The predicted octanol–water partition coefficient (Wildman–Crippen LogP) is 4.26. The van der Waals surface area contributed by atoms with Crippen molar-refractivity contribution < 1.29 is 0 Å². The number of hydrogen-bond acceptors (Lipinski definition) is 2. The van der Waals surface area contributed by atoms with E-state index in [0.717, 1.165) is 31.5 Å². The number of piperazine rings is 1. The van der Waals surface area contributed by atoms with Gasteiger partial charge in [0.15, 0.2) is 0 Å². The molecule has 0 aromatic heterocycles. The minimum Gasteiger partial charge on any atom is -0.369 e. The molecule has 4 heteroatoms. The summed E-state index contributed by atoms with van der Waals surface area (Å²) in [6, 6.07) is 6.67. The van der Waals surface area contributed by atoms with E-state index in [0.29, 0.717) is 0 Å². The van der Waals surface area contributed by atoms with E-state index >= 15 is 0 Å². The number of alkyl halides is 1. The summed E-state index contributed by atoms with van der Waals surface area (Å²) in [4.78, 5) is 5.04. The zero-order valence-electron chi connectivity index (χ0n) is 11.9.